The molecule has 0 aliphatic carbocycles. The van der Waals surface area contributed by atoms with Crippen LogP contribution in [0.2, 0.25) is 0 Å². The number of carbonyl (C=O) groups is 2. The van der Waals surface area contributed by atoms with Gasteiger partial charge in [0, 0.05) is 57.4 Å². The minimum absolute atomic E-state index is 0.0737. The lowest BCUT2D eigenvalue weighted by Gasteiger charge is -2.35. The third kappa shape index (κ3) is 6.20. The highest BCUT2D eigenvalue weighted by Crippen LogP contribution is 2.32. The number of carboxylic acid groups (broad SMARTS) is 1. The molecule has 0 radical (unpaired) electrons. The van der Waals surface area contributed by atoms with Crippen LogP contribution >= 0.6 is 0 Å². The Hall–Kier alpha value is -2.58. The molecule has 1 atom stereocenters. The van der Waals surface area contributed by atoms with E-state index in [1.165, 1.54) is 0 Å². The van der Waals surface area contributed by atoms with Crippen molar-refractivity contribution in [2.75, 3.05) is 57.8 Å². The van der Waals surface area contributed by atoms with Gasteiger partial charge in [-0.25, -0.2) is 0 Å². The highest BCUT2D eigenvalue weighted by Gasteiger charge is 2.26. The zero-order valence-corrected chi connectivity index (χ0v) is 16.9. The van der Waals surface area contributed by atoms with Gasteiger partial charge in [-0.1, -0.05) is 12.2 Å². The maximum atomic E-state index is 12.4. The molecule has 0 saturated carbocycles. The second kappa shape index (κ2) is 9.76. The first-order valence-corrected chi connectivity index (χ1v) is 9.92. The molecule has 1 amide bonds. The molecule has 0 aromatic heterocycles. The molecule has 8 heteroatoms. The normalized spacial score (nSPS) is 18.1. The molecule has 2 N–H and O–H groups in total. The molecule has 0 bridgehead atoms. The van der Waals surface area contributed by atoms with Crippen LogP contribution in [0.5, 0.6) is 11.5 Å². The molecule has 0 unspecified atom stereocenters. The van der Waals surface area contributed by atoms with Crippen molar-refractivity contribution in [1.82, 2.24) is 9.80 Å². The van der Waals surface area contributed by atoms with Gasteiger partial charge in [-0.2, -0.15) is 0 Å². The maximum absolute atomic E-state index is 12.4. The molecule has 1 fully saturated rings. The maximum Gasteiger partial charge on any atom is 0.308 e. The highest BCUT2D eigenvalue weighted by atomic mass is 16.6. The summed E-state index contributed by atoms with van der Waals surface area (Å²) in [7, 11) is 0. The van der Waals surface area contributed by atoms with E-state index in [2.05, 4.69) is 21.7 Å². The van der Waals surface area contributed by atoms with Gasteiger partial charge in [0.2, 0.25) is 5.91 Å². The Balaban J connectivity index is 1.50. The molecule has 158 valence electrons. The number of amides is 1. The molecule has 8 nitrogen and oxygen atoms in total. The van der Waals surface area contributed by atoms with Gasteiger partial charge in [0.25, 0.3) is 0 Å². The summed E-state index contributed by atoms with van der Waals surface area (Å²) in [6.07, 6.45) is -0.0737. The summed E-state index contributed by atoms with van der Waals surface area (Å²) in [6, 6.07) is 5.16. The minimum Gasteiger partial charge on any atom is -0.486 e. The van der Waals surface area contributed by atoms with Crippen LogP contribution in [0.3, 0.4) is 0 Å². The zero-order valence-electron chi connectivity index (χ0n) is 16.9. The summed E-state index contributed by atoms with van der Waals surface area (Å²) in [4.78, 5) is 28.5. The van der Waals surface area contributed by atoms with Crippen molar-refractivity contribution in [2.45, 2.75) is 13.3 Å². The molecule has 1 aromatic rings. The highest BCUT2D eigenvalue weighted by molar-refractivity contribution is 5.93. The van der Waals surface area contributed by atoms with Crippen molar-refractivity contribution >= 4 is 17.6 Å². The average Bonchev–Trinajstić information content (AvgIpc) is 2.68. The quantitative estimate of drug-likeness (QED) is 0.638. The van der Waals surface area contributed by atoms with E-state index < -0.39 is 11.9 Å². The van der Waals surface area contributed by atoms with Gasteiger partial charge in [0.1, 0.15) is 13.2 Å². The van der Waals surface area contributed by atoms with Crippen molar-refractivity contribution in [3.63, 3.8) is 0 Å². The molecule has 1 saturated heterocycles. The van der Waals surface area contributed by atoms with E-state index in [4.69, 9.17) is 9.47 Å². The predicted octanol–water partition coefficient (Wildman–Crippen LogP) is 1.68. The first-order chi connectivity index (χ1) is 13.9. The van der Waals surface area contributed by atoms with E-state index in [0.717, 1.165) is 38.3 Å². The molecule has 29 heavy (non-hydrogen) atoms. The smallest absolute Gasteiger partial charge is 0.308 e. The fourth-order valence-electron chi connectivity index (χ4n) is 3.61. The molecule has 2 aliphatic rings. The molecule has 0 spiro atoms. The molecular formula is C21H29N3O5. The number of rotatable bonds is 8. The Bertz CT molecular complexity index is 759. The second-order valence-electron chi connectivity index (χ2n) is 7.68. The van der Waals surface area contributed by atoms with Crippen molar-refractivity contribution in [3.8, 4) is 11.5 Å². The van der Waals surface area contributed by atoms with Crippen molar-refractivity contribution in [3.05, 3.63) is 30.4 Å². The number of aliphatic carboxylic acids is 1. The number of benzene rings is 1. The summed E-state index contributed by atoms with van der Waals surface area (Å²) in [5, 5.41) is 12.4. The van der Waals surface area contributed by atoms with Crippen LogP contribution in [0.15, 0.2) is 30.4 Å². The van der Waals surface area contributed by atoms with Crippen LogP contribution in [0.4, 0.5) is 5.69 Å². The van der Waals surface area contributed by atoms with E-state index in [-0.39, 0.29) is 12.3 Å². The first-order valence-electron chi connectivity index (χ1n) is 9.92. The number of piperazine rings is 1. The fraction of sp³-hybridized carbons (Fsp3) is 0.524. The fourth-order valence-corrected chi connectivity index (χ4v) is 3.61. The largest absolute Gasteiger partial charge is 0.486 e. The summed E-state index contributed by atoms with van der Waals surface area (Å²) >= 11 is 0. The number of nitrogens with zero attached hydrogens (tertiary/aromatic N) is 2. The Morgan fingerprint density at radius 1 is 1.14 bits per heavy atom. The van der Waals surface area contributed by atoms with Crippen LogP contribution in [0, 0.1) is 5.92 Å². The SMILES string of the molecule is C=C(C)CN1CCN(C[C@H](CC(=O)Nc2ccc3c(c2)OCCO3)C(=O)O)CC1. The van der Waals surface area contributed by atoms with Crippen molar-refractivity contribution in [1.29, 1.82) is 0 Å². The number of hydrogen-bond donors (Lipinski definition) is 2. The van der Waals surface area contributed by atoms with Crippen LogP contribution in [-0.4, -0.2) is 79.3 Å². The van der Waals surface area contributed by atoms with Gasteiger partial charge in [0.15, 0.2) is 11.5 Å². The summed E-state index contributed by atoms with van der Waals surface area (Å²) in [5.74, 6) is -0.804. The number of anilines is 1. The van der Waals surface area contributed by atoms with Gasteiger partial charge in [-0.05, 0) is 19.1 Å². The van der Waals surface area contributed by atoms with Gasteiger partial charge in [-0.3, -0.25) is 19.4 Å². The Kier molecular flexibility index (Phi) is 7.11. The lowest BCUT2D eigenvalue weighted by Crippen LogP contribution is -2.49. The van der Waals surface area contributed by atoms with E-state index in [0.29, 0.717) is 36.9 Å². The number of carboxylic acids is 1. The van der Waals surface area contributed by atoms with E-state index >= 15 is 0 Å². The molecular weight excluding hydrogens is 374 g/mol. The third-order valence-electron chi connectivity index (χ3n) is 5.04. The van der Waals surface area contributed by atoms with E-state index in [9.17, 15) is 14.7 Å². The van der Waals surface area contributed by atoms with Gasteiger partial charge < -0.3 is 19.9 Å². The predicted molar refractivity (Wildman–Crippen MR) is 109 cm³/mol. The van der Waals surface area contributed by atoms with Crippen LogP contribution < -0.4 is 14.8 Å². The van der Waals surface area contributed by atoms with Crippen molar-refractivity contribution < 1.29 is 24.2 Å². The number of nitrogens with one attached hydrogen (secondary N) is 1. The molecule has 2 aliphatic heterocycles. The lowest BCUT2D eigenvalue weighted by atomic mass is 10.0. The Labute approximate surface area is 171 Å². The Morgan fingerprint density at radius 2 is 1.79 bits per heavy atom. The first kappa shape index (κ1) is 21.1. The zero-order chi connectivity index (χ0) is 20.8. The van der Waals surface area contributed by atoms with Gasteiger partial charge in [-0.15, -0.1) is 0 Å². The van der Waals surface area contributed by atoms with Crippen LogP contribution in [0.1, 0.15) is 13.3 Å². The Morgan fingerprint density at radius 3 is 2.45 bits per heavy atom. The van der Waals surface area contributed by atoms with Crippen molar-refractivity contribution in [2.24, 2.45) is 5.92 Å². The topological polar surface area (TPSA) is 91.3 Å². The monoisotopic (exact) mass is 403 g/mol. The molecule has 3 rings (SSSR count). The number of fused-ring (bicyclic) bond motifs is 1. The van der Waals surface area contributed by atoms with Gasteiger partial charge >= 0.3 is 5.97 Å². The number of ether oxygens (including phenoxy) is 2. The number of carbonyl (C=O) groups excluding carboxylic acids is 1. The van der Waals surface area contributed by atoms with E-state index in [1.54, 1.807) is 18.2 Å². The van der Waals surface area contributed by atoms with Gasteiger partial charge in [0.05, 0.1) is 5.92 Å². The lowest BCUT2D eigenvalue weighted by molar-refractivity contribution is -0.144. The minimum atomic E-state index is -0.952. The average molecular weight is 403 g/mol. The summed E-state index contributed by atoms with van der Waals surface area (Å²) in [6.45, 7) is 11.5. The molecule has 2 heterocycles. The summed E-state index contributed by atoms with van der Waals surface area (Å²) < 4.78 is 11.0. The molecule has 1 aromatic carbocycles. The van der Waals surface area contributed by atoms with E-state index in [1.807, 2.05) is 6.92 Å². The second-order valence-corrected chi connectivity index (χ2v) is 7.68. The third-order valence-corrected chi connectivity index (χ3v) is 5.04. The standard InChI is InChI=1S/C21H29N3O5/c1-15(2)13-23-5-7-24(8-6-23)14-16(21(26)27)11-20(25)22-17-3-4-18-19(12-17)29-10-9-28-18/h3-4,12,16H,1,5-11,13-14H2,2H3,(H,22,25)(H,26,27)/t16-/m0/s1. The number of hydrogen-bond acceptors (Lipinski definition) is 6. The summed E-state index contributed by atoms with van der Waals surface area (Å²) in [5.41, 5.74) is 1.69. The van der Waals surface area contributed by atoms with Crippen LogP contribution in [-0.2, 0) is 9.59 Å². The van der Waals surface area contributed by atoms with Crippen LogP contribution in [0.25, 0.3) is 0 Å².